The normalized spacial score (nSPS) is 13.0. The number of carbonyl (C=O) groups is 2. The molecular weight excluding hydrogens is 461 g/mol. The topological polar surface area (TPSA) is 123 Å². The van der Waals surface area contributed by atoms with Crippen molar-refractivity contribution in [3.63, 3.8) is 0 Å². The number of aliphatic carboxylic acids is 1. The highest BCUT2D eigenvalue weighted by Crippen LogP contribution is 2.38. The Morgan fingerprint density at radius 1 is 1.23 bits per heavy atom. The summed E-state index contributed by atoms with van der Waals surface area (Å²) in [7, 11) is 0. The Morgan fingerprint density at radius 2 is 1.90 bits per heavy atom. The van der Waals surface area contributed by atoms with Gasteiger partial charge in [0, 0.05) is 4.88 Å². The number of rotatable bonds is 6. The van der Waals surface area contributed by atoms with E-state index in [0.29, 0.717) is 16.1 Å². The first-order valence-electron chi connectivity index (χ1n) is 9.15. The summed E-state index contributed by atoms with van der Waals surface area (Å²) in [6.45, 7) is -0.619. The van der Waals surface area contributed by atoms with Crippen LogP contribution in [0, 0.1) is 22.7 Å². The van der Waals surface area contributed by atoms with Crippen LogP contribution >= 0.6 is 34.5 Å². The third-order valence-corrected chi connectivity index (χ3v) is 6.32. The van der Waals surface area contributed by atoms with Crippen LogP contribution in [0.15, 0.2) is 17.7 Å². The molecule has 2 aromatic rings. The van der Waals surface area contributed by atoms with Crippen LogP contribution in [0.4, 0.5) is 5.00 Å². The molecule has 3 rings (SSSR count). The highest BCUT2D eigenvalue weighted by Gasteiger charge is 2.23. The van der Waals surface area contributed by atoms with Gasteiger partial charge in [-0.2, -0.15) is 10.5 Å². The minimum atomic E-state index is -1.19. The number of nitrogens with zero attached hydrogens (tertiary/aromatic N) is 2. The third kappa shape index (κ3) is 5.18. The van der Waals surface area contributed by atoms with E-state index in [-0.39, 0.29) is 21.4 Å². The second-order valence-corrected chi connectivity index (χ2v) is 8.57. The van der Waals surface area contributed by atoms with Crippen LogP contribution in [0.5, 0.6) is 5.75 Å². The average molecular weight is 476 g/mol. The fraction of sp³-hybridized carbons (Fsp3) is 0.238. The van der Waals surface area contributed by atoms with Crippen molar-refractivity contribution in [1.82, 2.24) is 0 Å². The maximum atomic E-state index is 12.7. The molecule has 10 heteroatoms. The average Bonchev–Trinajstić information content (AvgIpc) is 3.07. The van der Waals surface area contributed by atoms with E-state index in [1.54, 1.807) is 0 Å². The highest BCUT2D eigenvalue weighted by atomic mass is 35.5. The quantitative estimate of drug-likeness (QED) is 0.456. The first-order chi connectivity index (χ1) is 14.8. The summed E-state index contributed by atoms with van der Waals surface area (Å²) in [4.78, 5) is 24.4. The predicted molar refractivity (Wildman–Crippen MR) is 117 cm³/mol. The lowest BCUT2D eigenvalue weighted by molar-refractivity contribution is -0.139. The van der Waals surface area contributed by atoms with E-state index in [1.807, 2.05) is 6.07 Å². The van der Waals surface area contributed by atoms with Gasteiger partial charge in [-0.15, -0.1) is 11.3 Å². The number of aryl methyl sites for hydroxylation is 1. The summed E-state index contributed by atoms with van der Waals surface area (Å²) in [6, 6.07) is 6.80. The molecule has 1 aromatic carbocycles. The number of nitriles is 2. The number of carboxylic acid groups (broad SMARTS) is 1. The zero-order chi connectivity index (χ0) is 22.5. The number of carbonyl (C=O) groups excluding carboxylic acids is 1. The largest absolute Gasteiger partial charge is 0.479 e. The van der Waals surface area contributed by atoms with Crippen molar-refractivity contribution >= 4 is 57.5 Å². The van der Waals surface area contributed by atoms with E-state index in [4.69, 9.17) is 33.0 Å². The van der Waals surface area contributed by atoms with Crippen molar-refractivity contribution in [3.05, 3.63) is 49.3 Å². The van der Waals surface area contributed by atoms with Crippen LogP contribution in [0.2, 0.25) is 10.0 Å². The molecular formula is C21H15Cl2N3O4S. The molecule has 1 heterocycles. The standard InChI is InChI=1S/C21H15Cl2N3O4S/c22-15-6-11(7-16(23)19(15)30-10-18(27)28)5-12(8-24)20(29)26-21-14(9-25)13-3-1-2-4-17(13)31-21/h5-7H,1-4,10H2,(H,26,29)(H,27,28)/b12-5+. The number of hydrogen-bond acceptors (Lipinski definition) is 6. The second-order valence-electron chi connectivity index (χ2n) is 6.65. The first kappa shape index (κ1) is 22.6. The van der Waals surface area contributed by atoms with Gasteiger partial charge >= 0.3 is 5.97 Å². The molecule has 2 N–H and O–H groups in total. The molecule has 0 bridgehead atoms. The van der Waals surface area contributed by atoms with Gasteiger partial charge in [0.1, 0.15) is 22.7 Å². The molecule has 158 valence electrons. The number of ether oxygens (including phenoxy) is 1. The van der Waals surface area contributed by atoms with Gasteiger partial charge < -0.3 is 15.2 Å². The monoisotopic (exact) mass is 475 g/mol. The zero-order valence-electron chi connectivity index (χ0n) is 16.0. The molecule has 0 fully saturated rings. The first-order valence-corrected chi connectivity index (χ1v) is 10.7. The van der Waals surface area contributed by atoms with Crippen LogP contribution in [0.3, 0.4) is 0 Å². The van der Waals surface area contributed by atoms with Crippen molar-refractivity contribution in [1.29, 1.82) is 10.5 Å². The molecule has 31 heavy (non-hydrogen) atoms. The SMILES string of the molecule is N#C/C(=C\c1cc(Cl)c(OCC(=O)O)c(Cl)c1)C(=O)Nc1sc2c(c1C#N)CCCC2. The Balaban J connectivity index is 1.85. The van der Waals surface area contributed by atoms with Crippen LogP contribution in [0.25, 0.3) is 6.08 Å². The van der Waals surface area contributed by atoms with Gasteiger partial charge in [-0.3, -0.25) is 4.79 Å². The van der Waals surface area contributed by atoms with Gasteiger partial charge in [-0.25, -0.2) is 4.79 Å². The molecule has 0 aliphatic heterocycles. The fourth-order valence-electron chi connectivity index (χ4n) is 3.19. The fourth-order valence-corrected chi connectivity index (χ4v) is 5.04. The van der Waals surface area contributed by atoms with Gasteiger partial charge in [0.05, 0.1) is 15.6 Å². The molecule has 0 saturated carbocycles. The van der Waals surface area contributed by atoms with E-state index in [1.165, 1.54) is 29.5 Å². The minimum absolute atomic E-state index is 0.00586. The lowest BCUT2D eigenvalue weighted by Crippen LogP contribution is -2.13. The molecule has 0 saturated heterocycles. The minimum Gasteiger partial charge on any atom is -0.479 e. The number of halogens is 2. The van der Waals surface area contributed by atoms with Crippen molar-refractivity contribution in [2.45, 2.75) is 25.7 Å². The Labute approximate surface area is 192 Å². The Kier molecular flexibility index (Phi) is 7.19. The molecule has 1 aliphatic carbocycles. The molecule has 1 amide bonds. The number of thiophene rings is 1. The van der Waals surface area contributed by atoms with Gasteiger partial charge in [0.2, 0.25) is 0 Å². The van der Waals surface area contributed by atoms with E-state index >= 15 is 0 Å². The molecule has 1 aliphatic rings. The second kappa shape index (κ2) is 9.84. The summed E-state index contributed by atoms with van der Waals surface area (Å²) in [6.07, 6.45) is 5.02. The molecule has 0 atom stereocenters. The summed E-state index contributed by atoms with van der Waals surface area (Å²) in [5, 5.41) is 30.9. The van der Waals surface area contributed by atoms with E-state index in [2.05, 4.69) is 11.4 Å². The van der Waals surface area contributed by atoms with Gasteiger partial charge in [0.25, 0.3) is 5.91 Å². The van der Waals surface area contributed by atoms with Crippen molar-refractivity contribution in [3.8, 4) is 17.9 Å². The van der Waals surface area contributed by atoms with Gasteiger partial charge in [0.15, 0.2) is 12.4 Å². The Morgan fingerprint density at radius 3 is 2.52 bits per heavy atom. The van der Waals surface area contributed by atoms with Crippen molar-refractivity contribution in [2.24, 2.45) is 0 Å². The smallest absolute Gasteiger partial charge is 0.341 e. The number of anilines is 1. The maximum Gasteiger partial charge on any atom is 0.341 e. The summed E-state index contributed by atoms with van der Waals surface area (Å²) >= 11 is 13.6. The zero-order valence-corrected chi connectivity index (χ0v) is 18.3. The Bertz CT molecular complexity index is 1150. The van der Waals surface area contributed by atoms with Crippen LogP contribution < -0.4 is 10.1 Å². The van der Waals surface area contributed by atoms with E-state index in [9.17, 15) is 20.1 Å². The number of carboxylic acids is 1. The number of amides is 1. The van der Waals surface area contributed by atoms with Gasteiger partial charge in [-0.05, 0) is 55.0 Å². The molecule has 0 radical (unpaired) electrons. The van der Waals surface area contributed by atoms with Gasteiger partial charge in [-0.1, -0.05) is 23.2 Å². The van der Waals surface area contributed by atoms with Crippen LogP contribution in [-0.2, 0) is 22.4 Å². The van der Waals surface area contributed by atoms with Crippen molar-refractivity contribution < 1.29 is 19.4 Å². The molecule has 0 unspecified atom stereocenters. The lowest BCUT2D eigenvalue weighted by Gasteiger charge is -2.09. The molecule has 7 nitrogen and oxygen atoms in total. The van der Waals surface area contributed by atoms with E-state index < -0.39 is 18.5 Å². The summed E-state index contributed by atoms with van der Waals surface area (Å²) in [5.74, 6) is -1.85. The Hall–Kier alpha value is -3.04. The summed E-state index contributed by atoms with van der Waals surface area (Å²) < 4.78 is 5.05. The number of hydrogen-bond donors (Lipinski definition) is 2. The summed E-state index contributed by atoms with van der Waals surface area (Å²) in [5.41, 5.74) is 1.58. The lowest BCUT2D eigenvalue weighted by atomic mass is 9.96. The van der Waals surface area contributed by atoms with Crippen molar-refractivity contribution in [2.75, 3.05) is 11.9 Å². The number of nitrogens with one attached hydrogen (secondary N) is 1. The van der Waals surface area contributed by atoms with E-state index in [0.717, 1.165) is 36.1 Å². The third-order valence-electron chi connectivity index (χ3n) is 4.55. The molecule has 1 aromatic heterocycles. The maximum absolute atomic E-state index is 12.7. The van der Waals surface area contributed by atoms with Crippen LogP contribution in [0.1, 0.15) is 34.4 Å². The number of fused-ring (bicyclic) bond motifs is 1. The molecule has 0 spiro atoms. The highest BCUT2D eigenvalue weighted by molar-refractivity contribution is 7.16. The van der Waals surface area contributed by atoms with Crippen LogP contribution in [-0.4, -0.2) is 23.6 Å². The predicted octanol–water partition coefficient (Wildman–Crippen LogP) is 4.81. The number of benzene rings is 1.